The van der Waals surface area contributed by atoms with E-state index in [1.807, 2.05) is 12.3 Å². The number of hydrogen-bond donors (Lipinski definition) is 2. The van der Waals surface area contributed by atoms with Crippen molar-refractivity contribution >= 4 is 29.9 Å². The number of guanidine groups is 1. The third-order valence-corrected chi connectivity index (χ3v) is 5.58. The Balaban J connectivity index is 0.00000320. The van der Waals surface area contributed by atoms with Crippen molar-refractivity contribution in [1.82, 2.24) is 20.4 Å². The van der Waals surface area contributed by atoms with Gasteiger partial charge in [-0.25, -0.2) is 9.07 Å². The summed E-state index contributed by atoms with van der Waals surface area (Å²) >= 11 is 0. The van der Waals surface area contributed by atoms with Gasteiger partial charge in [0, 0.05) is 46.0 Å². The fourth-order valence-corrected chi connectivity index (χ4v) is 3.61. The van der Waals surface area contributed by atoms with E-state index in [0.717, 1.165) is 56.4 Å². The van der Waals surface area contributed by atoms with Gasteiger partial charge in [-0.05, 0) is 61.9 Å². The largest absolute Gasteiger partial charge is 0.385 e. The van der Waals surface area contributed by atoms with Crippen LogP contribution >= 0.6 is 24.0 Å². The van der Waals surface area contributed by atoms with Crippen molar-refractivity contribution < 1.29 is 9.13 Å². The van der Waals surface area contributed by atoms with Gasteiger partial charge in [-0.3, -0.25) is 4.99 Å². The summed E-state index contributed by atoms with van der Waals surface area (Å²) < 4.78 is 20.1. The summed E-state index contributed by atoms with van der Waals surface area (Å²) in [4.78, 5) is 4.83. The van der Waals surface area contributed by atoms with Crippen molar-refractivity contribution in [3.05, 3.63) is 48.0 Å². The zero-order valence-corrected chi connectivity index (χ0v) is 20.2. The monoisotopic (exact) mass is 529 g/mol. The molecule has 1 aliphatic carbocycles. The second-order valence-corrected chi connectivity index (χ2v) is 7.70. The highest BCUT2D eigenvalue weighted by atomic mass is 127. The molecule has 0 amide bonds. The van der Waals surface area contributed by atoms with Gasteiger partial charge >= 0.3 is 0 Å². The summed E-state index contributed by atoms with van der Waals surface area (Å²) in [5.74, 6) is 0.612. The number of ether oxygens (including phenoxy) is 1. The highest BCUT2D eigenvalue weighted by Crippen LogP contribution is 2.44. The second-order valence-electron chi connectivity index (χ2n) is 7.70. The molecule has 1 aromatic carbocycles. The number of aliphatic imine (C=N–C) groups is 1. The number of nitrogens with zero attached hydrogens (tertiary/aromatic N) is 3. The zero-order valence-electron chi connectivity index (χ0n) is 17.9. The summed E-state index contributed by atoms with van der Waals surface area (Å²) in [6, 6.07) is 8.32. The highest BCUT2D eigenvalue weighted by Gasteiger charge is 2.36. The molecule has 0 atom stereocenters. The topological polar surface area (TPSA) is 63.5 Å². The average molecular weight is 529 g/mol. The molecule has 2 aromatic rings. The van der Waals surface area contributed by atoms with Crippen LogP contribution in [-0.2, 0) is 11.2 Å². The van der Waals surface area contributed by atoms with Gasteiger partial charge in [0.25, 0.3) is 0 Å². The lowest BCUT2D eigenvalue weighted by Crippen LogP contribution is -2.41. The lowest BCUT2D eigenvalue weighted by Gasteiger charge is -2.40. The van der Waals surface area contributed by atoms with Gasteiger partial charge in [-0.15, -0.1) is 24.0 Å². The Bertz CT molecular complexity index is 789. The molecule has 30 heavy (non-hydrogen) atoms. The molecule has 0 spiro atoms. The molecule has 1 aromatic heterocycles. The van der Waals surface area contributed by atoms with Crippen LogP contribution in [0.15, 0.2) is 41.5 Å². The van der Waals surface area contributed by atoms with E-state index in [0.29, 0.717) is 5.41 Å². The number of halogens is 2. The van der Waals surface area contributed by atoms with Crippen LogP contribution in [0.5, 0.6) is 0 Å². The highest BCUT2D eigenvalue weighted by molar-refractivity contribution is 14.0. The van der Waals surface area contributed by atoms with E-state index in [2.05, 4.69) is 22.7 Å². The van der Waals surface area contributed by atoms with E-state index in [4.69, 9.17) is 9.73 Å². The lowest BCUT2D eigenvalue weighted by molar-refractivity contribution is 0.0778. The van der Waals surface area contributed by atoms with Gasteiger partial charge in [0.1, 0.15) is 5.82 Å². The molecule has 1 fully saturated rings. The molecule has 0 unspecified atom stereocenters. The Labute approximate surface area is 195 Å². The second kappa shape index (κ2) is 12.2. The van der Waals surface area contributed by atoms with Crippen LogP contribution in [0.25, 0.3) is 5.69 Å². The Morgan fingerprint density at radius 2 is 2.00 bits per heavy atom. The van der Waals surface area contributed by atoms with Gasteiger partial charge in [0.2, 0.25) is 0 Å². The van der Waals surface area contributed by atoms with Gasteiger partial charge in [0.05, 0.1) is 11.4 Å². The molecule has 3 rings (SSSR count). The van der Waals surface area contributed by atoms with Crippen LogP contribution in [0.1, 0.15) is 38.3 Å². The predicted octanol–water partition coefficient (Wildman–Crippen LogP) is 3.93. The molecule has 8 heteroatoms. The van der Waals surface area contributed by atoms with Crippen molar-refractivity contribution in [3.63, 3.8) is 0 Å². The van der Waals surface area contributed by atoms with E-state index in [9.17, 15) is 4.39 Å². The number of hydrogen-bond acceptors (Lipinski definition) is 3. The first-order valence-electron chi connectivity index (χ1n) is 10.5. The first-order valence-corrected chi connectivity index (χ1v) is 10.5. The van der Waals surface area contributed by atoms with E-state index in [1.54, 1.807) is 23.9 Å². The molecule has 0 radical (unpaired) electrons. The fourth-order valence-electron chi connectivity index (χ4n) is 3.61. The summed E-state index contributed by atoms with van der Waals surface area (Å²) in [6.45, 7) is 5.29. The summed E-state index contributed by atoms with van der Waals surface area (Å²) in [7, 11) is 1.76. The third kappa shape index (κ3) is 6.94. The van der Waals surface area contributed by atoms with Crippen LogP contribution in [0.2, 0.25) is 0 Å². The summed E-state index contributed by atoms with van der Waals surface area (Å²) in [6.07, 6.45) is 7.53. The molecular formula is C22H33FIN5O. The molecule has 2 N–H and O–H groups in total. The molecule has 166 valence electrons. The Morgan fingerprint density at radius 3 is 2.63 bits per heavy atom. The zero-order chi connectivity index (χ0) is 20.5. The Hall–Kier alpha value is -1.68. The van der Waals surface area contributed by atoms with Crippen LogP contribution in [-0.4, -0.2) is 49.1 Å². The van der Waals surface area contributed by atoms with Gasteiger partial charge in [-0.1, -0.05) is 6.42 Å². The summed E-state index contributed by atoms with van der Waals surface area (Å²) in [5.41, 5.74) is 2.14. The molecule has 1 heterocycles. The first-order chi connectivity index (χ1) is 14.1. The van der Waals surface area contributed by atoms with E-state index in [-0.39, 0.29) is 29.8 Å². The van der Waals surface area contributed by atoms with Gasteiger partial charge in [-0.2, -0.15) is 5.10 Å². The van der Waals surface area contributed by atoms with E-state index in [1.165, 1.54) is 31.4 Å². The molecule has 0 saturated heterocycles. The van der Waals surface area contributed by atoms with Crippen LogP contribution < -0.4 is 10.6 Å². The van der Waals surface area contributed by atoms with Crippen LogP contribution in [0.3, 0.4) is 0 Å². The molecule has 0 aliphatic heterocycles. The van der Waals surface area contributed by atoms with Crippen molar-refractivity contribution in [3.8, 4) is 5.69 Å². The third-order valence-electron chi connectivity index (χ3n) is 5.58. The molecule has 6 nitrogen and oxygen atoms in total. The minimum atomic E-state index is -0.244. The summed E-state index contributed by atoms with van der Waals surface area (Å²) in [5, 5.41) is 11.3. The lowest BCUT2D eigenvalue weighted by atomic mass is 9.67. The van der Waals surface area contributed by atoms with Crippen molar-refractivity contribution in [2.24, 2.45) is 10.4 Å². The van der Waals surface area contributed by atoms with E-state index < -0.39 is 0 Å². The smallest absolute Gasteiger partial charge is 0.191 e. The van der Waals surface area contributed by atoms with Crippen molar-refractivity contribution in [2.75, 3.05) is 33.4 Å². The number of rotatable bonds is 10. The Morgan fingerprint density at radius 1 is 1.23 bits per heavy atom. The molecular weight excluding hydrogens is 496 g/mol. The first kappa shape index (κ1) is 24.6. The minimum Gasteiger partial charge on any atom is -0.385 e. The van der Waals surface area contributed by atoms with Crippen LogP contribution in [0, 0.1) is 11.2 Å². The maximum atomic E-state index is 13.1. The minimum absolute atomic E-state index is 0. The fraction of sp³-hybridized carbons (Fsp3) is 0.545. The predicted molar refractivity (Wildman–Crippen MR) is 129 cm³/mol. The number of nitrogens with one attached hydrogen (secondary N) is 2. The SMILES string of the molecule is CCNC(=NCC1(CCOC)CCC1)NCCc1ccn(-c2ccc(F)cc2)n1.I. The standard InChI is InChI=1S/C22H32FN5O.HI/c1-3-24-21(26-17-22(11-4-12-22)13-16-29-2)25-14-9-19-10-15-28(27-19)20-7-5-18(23)6-8-20;/h5-8,10,15H,3-4,9,11-14,16-17H2,1-2H3,(H2,24,25,26);1H. The molecule has 1 aliphatic rings. The van der Waals surface area contributed by atoms with Crippen molar-refractivity contribution in [1.29, 1.82) is 0 Å². The Kier molecular flexibility index (Phi) is 10.0. The van der Waals surface area contributed by atoms with Crippen molar-refractivity contribution in [2.45, 2.75) is 39.0 Å². The average Bonchev–Trinajstić information content (AvgIpc) is 3.16. The normalized spacial score (nSPS) is 15.2. The quantitative estimate of drug-likeness (QED) is 0.278. The van der Waals surface area contributed by atoms with Crippen LogP contribution in [0.4, 0.5) is 4.39 Å². The van der Waals surface area contributed by atoms with Gasteiger partial charge < -0.3 is 15.4 Å². The maximum Gasteiger partial charge on any atom is 0.191 e. The maximum absolute atomic E-state index is 13.1. The molecule has 0 bridgehead atoms. The number of methoxy groups -OCH3 is 1. The number of benzene rings is 1. The van der Waals surface area contributed by atoms with Gasteiger partial charge in [0.15, 0.2) is 5.96 Å². The number of aromatic nitrogens is 2. The molecule has 1 saturated carbocycles. The van der Waals surface area contributed by atoms with E-state index >= 15 is 0 Å².